The lowest BCUT2D eigenvalue weighted by Crippen LogP contribution is -2.30. The van der Waals surface area contributed by atoms with E-state index in [0.717, 1.165) is 6.42 Å². The van der Waals surface area contributed by atoms with Gasteiger partial charge in [0, 0.05) is 19.5 Å². The van der Waals surface area contributed by atoms with Crippen molar-refractivity contribution in [2.75, 3.05) is 26.2 Å². The van der Waals surface area contributed by atoms with Crippen LogP contribution in [0.3, 0.4) is 0 Å². The Kier molecular flexibility index (Phi) is 5.39. The Balaban J connectivity index is 2.00. The molecule has 1 rings (SSSR count). The number of allylic oxidation sites excluding steroid dienone is 1. The molecule has 90 valence electrons. The molecular weight excluding hydrogens is 208 g/mol. The minimum atomic E-state index is -0.252. The van der Waals surface area contributed by atoms with Gasteiger partial charge >= 0.3 is 6.09 Å². The van der Waals surface area contributed by atoms with Crippen molar-refractivity contribution in [3.8, 4) is 0 Å². The molecule has 0 spiro atoms. The summed E-state index contributed by atoms with van der Waals surface area (Å²) in [7, 11) is 0. The van der Waals surface area contributed by atoms with Crippen molar-refractivity contribution in [3.05, 3.63) is 12.7 Å². The van der Waals surface area contributed by atoms with Crippen molar-refractivity contribution >= 4 is 12.0 Å². The molecule has 5 heteroatoms. The molecule has 16 heavy (non-hydrogen) atoms. The molecule has 0 bridgehead atoms. The predicted octanol–water partition coefficient (Wildman–Crippen LogP) is 0.911. The Bertz CT molecular complexity index is 266. The van der Waals surface area contributed by atoms with Gasteiger partial charge < -0.3 is 15.0 Å². The molecule has 1 fully saturated rings. The van der Waals surface area contributed by atoms with Gasteiger partial charge in [0.2, 0.25) is 5.91 Å². The van der Waals surface area contributed by atoms with E-state index in [1.165, 1.54) is 0 Å². The summed E-state index contributed by atoms with van der Waals surface area (Å²) in [6, 6.07) is 0. The summed E-state index contributed by atoms with van der Waals surface area (Å²) in [6.45, 7) is 5.92. The molecule has 0 radical (unpaired) electrons. The number of cyclic esters (lactones) is 1. The van der Waals surface area contributed by atoms with Gasteiger partial charge in [-0.25, -0.2) is 4.79 Å². The van der Waals surface area contributed by atoms with E-state index >= 15 is 0 Å². The molecule has 1 N–H and O–H groups in total. The maximum atomic E-state index is 11.2. The van der Waals surface area contributed by atoms with E-state index in [2.05, 4.69) is 11.9 Å². The Labute approximate surface area is 95.4 Å². The van der Waals surface area contributed by atoms with Crippen molar-refractivity contribution in [1.82, 2.24) is 10.2 Å². The van der Waals surface area contributed by atoms with Gasteiger partial charge in [-0.3, -0.25) is 4.79 Å². The van der Waals surface area contributed by atoms with E-state index < -0.39 is 0 Å². The lowest BCUT2D eigenvalue weighted by Gasteiger charge is -2.12. The van der Waals surface area contributed by atoms with Crippen molar-refractivity contribution in [2.45, 2.75) is 19.3 Å². The average Bonchev–Trinajstić information content (AvgIpc) is 2.67. The molecule has 1 aliphatic rings. The number of hydrogen-bond acceptors (Lipinski definition) is 3. The summed E-state index contributed by atoms with van der Waals surface area (Å²) in [5.41, 5.74) is 0. The highest BCUT2D eigenvalue weighted by Gasteiger charge is 2.20. The Morgan fingerprint density at radius 2 is 2.44 bits per heavy atom. The highest BCUT2D eigenvalue weighted by Crippen LogP contribution is 2.03. The molecule has 0 aromatic rings. The van der Waals surface area contributed by atoms with Gasteiger partial charge in [0.05, 0.1) is 6.54 Å². The van der Waals surface area contributed by atoms with E-state index in [9.17, 15) is 9.59 Å². The first kappa shape index (κ1) is 12.5. The second kappa shape index (κ2) is 6.87. The highest BCUT2D eigenvalue weighted by atomic mass is 16.6. The lowest BCUT2D eigenvalue weighted by atomic mass is 10.3. The number of carbonyl (C=O) groups excluding carboxylic acids is 2. The number of carbonyl (C=O) groups is 2. The van der Waals surface area contributed by atoms with Crippen molar-refractivity contribution in [3.63, 3.8) is 0 Å². The fraction of sp³-hybridized carbons (Fsp3) is 0.636. The van der Waals surface area contributed by atoms with Crippen LogP contribution in [0.1, 0.15) is 19.3 Å². The molecule has 0 aliphatic carbocycles. The van der Waals surface area contributed by atoms with E-state index in [1.807, 2.05) is 0 Å². The molecule has 2 amide bonds. The Hall–Kier alpha value is -1.52. The fourth-order valence-corrected chi connectivity index (χ4v) is 1.45. The van der Waals surface area contributed by atoms with E-state index in [1.54, 1.807) is 11.0 Å². The van der Waals surface area contributed by atoms with E-state index in [4.69, 9.17) is 4.74 Å². The third-order valence-corrected chi connectivity index (χ3v) is 2.35. The maximum absolute atomic E-state index is 11.2. The van der Waals surface area contributed by atoms with Crippen LogP contribution >= 0.6 is 0 Å². The second-order valence-corrected chi connectivity index (χ2v) is 3.63. The third kappa shape index (κ3) is 4.33. The van der Waals surface area contributed by atoms with Gasteiger partial charge in [0.25, 0.3) is 0 Å². The highest BCUT2D eigenvalue weighted by molar-refractivity contribution is 5.75. The zero-order chi connectivity index (χ0) is 11.8. The summed E-state index contributed by atoms with van der Waals surface area (Å²) in [6.07, 6.45) is 3.41. The maximum Gasteiger partial charge on any atom is 0.409 e. The summed E-state index contributed by atoms with van der Waals surface area (Å²) in [5, 5.41) is 2.79. The first-order valence-electron chi connectivity index (χ1n) is 5.53. The van der Waals surface area contributed by atoms with Crippen LogP contribution in [-0.4, -0.2) is 43.1 Å². The van der Waals surface area contributed by atoms with E-state index in [0.29, 0.717) is 39.1 Å². The van der Waals surface area contributed by atoms with Crippen LogP contribution in [0, 0.1) is 0 Å². The first-order chi connectivity index (χ1) is 7.74. The minimum Gasteiger partial charge on any atom is -0.448 e. The molecule has 5 nitrogen and oxygen atoms in total. The van der Waals surface area contributed by atoms with Crippen LogP contribution in [-0.2, 0) is 9.53 Å². The normalized spacial score (nSPS) is 14.8. The van der Waals surface area contributed by atoms with E-state index in [-0.39, 0.29) is 12.0 Å². The molecule has 1 saturated heterocycles. The van der Waals surface area contributed by atoms with Crippen LogP contribution in [0.2, 0.25) is 0 Å². The van der Waals surface area contributed by atoms with Gasteiger partial charge in [-0.05, 0) is 12.8 Å². The standard InChI is InChI=1S/C11H18N2O3/c1-2-3-5-10(14)12-6-4-7-13-8-9-16-11(13)15/h2H,1,3-9H2,(H,12,14). The van der Waals surface area contributed by atoms with Gasteiger partial charge in [0.15, 0.2) is 0 Å². The minimum absolute atomic E-state index is 0.0314. The van der Waals surface area contributed by atoms with Crippen LogP contribution < -0.4 is 5.32 Å². The zero-order valence-corrected chi connectivity index (χ0v) is 9.41. The summed E-state index contributed by atoms with van der Waals surface area (Å²) < 4.78 is 4.79. The van der Waals surface area contributed by atoms with Crippen molar-refractivity contribution in [1.29, 1.82) is 0 Å². The number of rotatable bonds is 7. The van der Waals surface area contributed by atoms with Gasteiger partial charge in [-0.1, -0.05) is 6.08 Å². The number of ether oxygens (including phenoxy) is 1. The smallest absolute Gasteiger partial charge is 0.409 e. The molecule has 0 atom stereocenters. The number of nitrogens with one attached hydrogen (secondary N) is 1. The molecule has 1 heterocycles. The zero-order valence-electron chi connectivity index (χ0n) is 9.41. The van der Waals surface area contributed by atoms with Crippen LogP contribution in [0.15, 0.2) is 12.7 Å². The van der Waals surface area contributed by atoms with Crippen molar-refractivity contribution in [2.24, 2.45) is 0 Å². The summed E-state index contributed by atoms with van der Waals surface area (Å²) in [5.74, 6) is 0.0314. The number of hydrogen-bond donors (Lipinski definition) is 1. The largest absolute Gasteiger partial charge is 0.448 e. The molecular formula is C11H18N2O3. The Morgan fingerprint density at radius 3 is 3.06 bits per heavy atom. The number of amides is 2. The van der Waals surface area contributed by atoms with Gasteiger partial charge in [-0.15, -0.1) is 6.58 Å². The third-order valence-electron chi connectivity index (χ3n) is 2.35. The molecule has 0 saturated carbocycles. The van der Waals surface area contributed by atoms with Crippen LogP contribution in [0.25, 0.3) is 0 Å². The summed E-state index contributed by atoms with van der Waals surface area (Å²) in [4.78, 5) is 23.9. The quantitative estimate of drug-likeness (QED) is 0.518. The van der Waals surface area contributed by atoms with Crippen LogP contribution in [0.4, 0.5) is 4.79 Å². The second-order valence-electron chi connectivity index (χ2n) is 3.63. The Morgan fingerprint density at radius 1 is 1.62 bits per heavy atom. The summed E-state index contributed by atoms with van der Waals surface area (Å²) >= 11 is 0. The van der Waals surface area contributed by atoms with Gasteiger partial charge in [-0.2, -0.15) is 0 Å². The SMILES string of the molecule is C=CCCC(=O)NCCCN1CCOC1=O. The predicted molar refractivity (Wildman–Crippen MR) is 60.0 cm³/mol. The molecule has 0 unspecified atom stereocenters. The fourth-order valence-electron chi connectivity index (χ4n) is 1.45. The monoisotopic (exact) mass is 226 g/mol. The van der Waals surface area contributed by atoms with Gasteiger partial charge in [0.1, 0.15) is 6.61 Å². The average molecular weight is 226 g/mol. The lowest BCUT2D eigenvalue weighted by molar-refractivity contribution is -0.121. The number of nitrogens with zero attached hydrogens (tertiary/aromatic N) is 1. The molecule has 0 aromatic heterocycles. The first-order valence-corrected chi connectivity index (χ1v) is 5.53. The van der Waals surface area contributed by atoms with Crippen molar-refractivity contribution < 1.29 is 14.3 Å². The van der Waals surface area contributed by atoms with Crippen LogP contribution in [0.5, 0.6) is 0 Å². The molecule has 0 aromatic carbocycles. The molecule has 1 aliphatic heterocycles. The topological polar surface area (TPSA) is 58.6 Å².